The molecule has 0 unspecified atom stereocenters. The minimum absolute atomic E-state index is 0.122. The normalized spacial score (nSPS) is 13.1. The first-order chi connectivity index (χ1) is 14.5. The second kappa shape index (κ2) is 6.95. The standard InChI is InChI=1S/C23H22N6O/c1-14-5-3-4-6-15(14)12-19(30)29-10-9-16-11-17(7-8-18(16)29)21-20-22(24)25-13-26-23(20)28(2)27-21/h3-8,11,13H,9-10,12H2,1-2H3,(H2,24,25,26). The fraction of sp³-hybridized carbons (Fsp3) is 0.217. The van der Waals surface area contributed by atoms with Gasteiger partial charge in [0.05, 0.1) is 11.8 Å². The molecule has 4 aromatic rings. The van der Waals surface area contributed by atoms with Gasteiger partial charge in [-0.2, -0.15) is 5.10 Å². The van der Waals surface area contributed by atoms with Crippen molar-refractivity contribution in [1.29, 1.82) is 0 Å². The average Bonchev–Trinajstić information content (AvgIpc) is 3.31. The molecule has 1 aliphatic heterocycles. The van der Waals surface area contributed by atoms with E-state index in [2.05, 4.69) is 21.1 Å². The van der Waals surface area contributed by atoms with Crippen molar-refractivity contribution in [2.75, 3.05) is 17.2 Å². The van der Waals surface area contributed by atoms with Crippen molar-refractivity contribution in [3.05, 3.63) is 65.5 Å². The van der Waals surface area contributed by atoms with Crippen LogP contribution in [0.3, 0.4) is 0 Å². The zero-order valence-electron chi connectivity index (χ0n) is 17.0. The van der Waals surface area contributed by atoms with Gasteiger partial charge in [-0.25, -0.2) is 14.6 Å². The number of carbonyl (C=O) groups is 1. The summed E-state index contributed by atoms with van der Waals surface area (Å²) >= 11 is 0. The van der Waals surface area contributed by atoms with Crippen LogP contribution in [0.25, 0.3) is 22.3 Å². The molecule has 3 heterocycles. The average molecular weight is 398 g/mol. The molecule has 0 spiro atoms. The molecule has 0 saturated heterocycles. The Labute approximate surface area is 174 Å². The van der Waals surface area contributed by atoms with Gasteiger partial charge in [-0.15, -0.1) is 0 Å². The summed E-state index contributed by atoms with van der Waals surface area (Å²) in [5, 5.41) is 5.37. The molecule has 150 valence electrons. The van der Waals surface area contributed by atoms with Crippen LogP contribution in [0.4, 0.5) is 11.5 Å². The molecule has 7 nitrogen and oxygen atoms in total. The van der Waals surface area contributed by atoms with Crippen molar-refractivity contribution in [3.63, 3.8) is 0 Å². The Morgan fingerprint density at radius 3 is 2.83 bits per heavy atom. The van der Waals surface area contributed by atoms with Crippen LogP contribution in [0.5, 0.6) is 0 Å². The molecule has 1 aliphatic rings. The molecule has 0 radical (unpaired) electrons. The quantitative estimate of drug-likeness (QED) is 0.573. The number of nitrogens with zero attached hydrogens (tertiary/aromatic N) is 5. The van der Waals surface area contributed by atoms with Crippen molar-refractivity contribution >= 4 is 28.4 Å². The maximum atomic E-state index is 13.0. The van der Waals surface area contributed by atoms with Gasteiger partial charge in [0, 0.05) is 24.8 Å². The van der Waals surface area contributed by atoms with E-state index in [1.54, 1.807) is 4.68 Å². The largest absolute Gasteiger partial charge is 0.383 e. The van der Waals surface area contributed by atoms with Crippen molar-refractivity contribution < 1.29 is 4.79 Å². The minimum Gasteiger partial charge on any atom is -0.383 e. The summed E-state index contributed by atoms with van der Waals surface area (Å²) in [6.07, 6.45) is 2.68. The van der Waals surface area contributed by atoms with Gasteiger partial charge in [0.2, 0.25) is 5.91 Å². The van der Waals surface area contributed by atoms with Crippen LogP contribution in [0, 0.1) is 6.92 Å². The summed E-state index contributed by atoms with van der Waals surface area (Å²) in [6, 6.07) is 14.1. The summed E-state index contributed by atoms with van der Waals surface area (Å²) in [5.74, 6) is 0.537. The Morgan fingerprint density at radius 1 is 1.17 bits per heavy atom. The topological polar surface area (TPSA) is 89.9 Å². The highest BCUT2D eigenvalue weighted by Gasteiger charge is 2.26. The number of hydrogen-bond acceptors (Lipinski definition) is 5. The number of fused-ring (bicyclic) bond motifs is 2. The number of aromatic nitrogens is 4. The SMILES string of the molecule is Cc1ccccc1CC(=O)N1CCc2cc(-c3nn(C)c4ncnc(N)c34)ccc21. The second-order valence-electron chi connectivity index (χ2n) is 7.67. The molecule has 0 saturated carbocycles. The van der Waals surface area contributed by atoms with Gasteiger partial charge < -0.3 is 10.6 Å². The number of hydrogen-bond donors (Lipinski definition) is 1. The fourth-order valence-electron chi connectivity index (χ4n) is 4.19. The van der Waals surface area contributed by atoms with Gasteiger partial charge in [0.15, 0.2) is 5.65 Å². The van der Waals surface area contributed by atoms with E-state index in [4.69, 9.17) is 5.73 Å². The van der Waals surface area contributed by atoms with E-state index in [0.717, 1.165) is 45.4 Å². The third-order valence-electron chi connectivity index (χ3n) is 5.80. The zero-order chi connectivity index (χ0) is 20.8. The molecule has 0 atom stereocenters. The third-order valence-corrected chi connectivity index (χ3v) is 5.80. The van der Waals surface area contributed by atoms with Crippen LogP contribution in [-0.4, -0.2) is 32.2 Å². The van der Waals surface area contributed by atoms with Crippen molar-refractivity contribution in [1.82, 2.24) is 19.7 Å². The number of amides is 1. The molecule has 2 aromatic carbocycles. The Balaban J connectivity index is 1.48. The first kappa shape index (κ1) is 18.3. The molecular weight excluding hydrogens is 376 g/mol. The summed E-state index contributed by atoms with van der Waals surface area (Å²) < 4.78 is 1.72. The number of carbonyl (C=O) groups excluding carboxylic acids is 1. The lowest BCUT2D eigenvalue weighted by molar-refractivity contribution is -0.117. The Kier molecular flexibility index (Phi) is 4.24. The molecule has 0 fully saturated rings. The van der Waals surface area contributed by atoms with Gasteiger partial charge in [-0.1, -0.05) is 30.3 Å². The molecule has 0 bridgehead atoms. The fourth-order valence-corrected chi connectivity index (χ4v) is 4.19. The van der Waals surface area contributed by atoms with Crippen molar-refractivity contribution in [2.24, 2.45) is 7.05 Å². The lowest BCUT2D eigenvalue weighted by atomic mass is 10.0. The smallest absolute Gasteiger partial charge is 0.231 e. The van der Waals surface area contributed by atoms with E-state index < -0.39 is 0 Å². The van der Waals surface area contributed by atoms with Crippen molar-refractivity contribution in [3.8, 4) is 11.3 Å². The lowest BCUT2D eigenvalue weighted by Gasteiger charge is -2.18. The second-order valence-corrected chi connectivity index (χ2v) is 7.67. The molecule has 7 heteroatoms. The summed E-state index contributed by atoms with van der Waals surface area (Å²) in [6.45, 7) is 2.73. The molecule has 1 amide bonds. The van der Waals surface area contributed by atoms with Crippen LogP contribution < -0.4 is 10.6 Å². The number of nitrogens with two attached hydrogens (primary N) is 1. The number of aryl methyl sites for hydroxylation is 2. The van der Waals surface area contributed by atoms with Gasteiger partial charge in [-0.05, 0) is 42.2 Å². The van der Waals surface area contributed by atoms with Crippen LogP contribution in [-0.2, 0) is 24.7 Å². The molecule has 2 aromatic heterocycles. The number of benzene rings is 2. The minimum atomic E-state index is 0.122. The predicted octanol–water partition coefficient (Wildman–Crippen LogP) is 3.05. The van der Waals surface area contributed by atoms with Crippen LogP contribution in [0.2, 0.25) is 0 Å². The third kappa shape index (κ3) is 2.90. The highest BCUT2D eigenvalue weighted by Crippen LogP contribution is 2.35. The van der Waals surface area contributed by atoms with E-state index >= 15 is 0 Å². The molecule has 30 heavy (non-hydrogen) atoms. The van der Waals surface area contributed by atoms with E-state index in [-0.39, 0.29) is 5.91 Å². The van der Waals surface area contributed by atoms with Crippen LogP contribution in [0.15, 0.2) is 48.8 Å². The monoisotopic (exact) mass is 398 g/mol. The maximum Gasteiger partial charge on any atom is 0.231 e. The van der Waals surface area contributed by atoms with Gasteiger partial charge in [0.25, 0.3) is 0 Å². The van der Waals surface area contributed by atoms with Crippen LogP contribution in [0.1, 0.15) is 16.7 Å². The maximum absolute atomic E-state index is 13.0. The molecule has 5 rings (SSSR count). The summed E-state index contributed by atoms with van der Waals surface area (Å²) in [7, 11) is 1.84. The summed E-state index contributed by atoms with van der Waals surface area (Å²) in [4.78, 5) is 23.3. The highest BCUT2D eigenvalue weighted by molar-refractivity contribution is 6.00. The Hall–Kier alpha value is -3.74. The summed E-state index contributed by atoms with van der Waals surface area (Å²) in [5.41, 5.74) is 12.9. The number of rotatable bonds is 3. The first-order valence-corrected chi connectivity index (χ1v) is 9.94. The molecular formula is C23H22N6O. The van der Waals surface area contributed by atoms with E-state index in [9.17, 15) is 4.79 Å². The van der Waals surface area contributed by atoms with E-state index in [0.29, 0.717) is 24.4 Å². The Bertz CT molecular complexity index is 1290. The molecule has 2 N–H and O–H groups in total. The van der Waals surface area contributed by atoms with E-state index in [1.165, 1.54) is 6.33 Å². The zero-order valence-corrected chi connectivity index (χ0v) is 17.0. The lowest BCUT2D eigenvalue weighted by Crippen LogP contribution is -2.30. The molecule has 0 aliphatic carbocycles. The highest BCUT2D eigenvalue weighted by atomic mass is 16.2. The Morgan fingerprint density at radius 2 is 2.00 bits per heavy atom. The van der Waals surface area contributed by atoms with Crippen LogP contribution >= 0.6 is 0 Å². The van der Waals surface area contributed by atoms with Gasteiger partial charge in [-0.3, -0.25) is 4.79 Å². The number of anilines is 2. The van der Waals surface area contributed by atoms with E-state index in [1.807, 2.05) is 55.3 Å². The van der Waals surface area contributed by atoms with Gasteiger partial charge >= 0.3 is 0 Å². The predicted molar refractivity (Wildman–Crippen MR) is 117 cm³/mol. The van der Waals surface area contributed by atoms with Crippen molar-refractivity contribution in [2.45, 2.75) is 19.8 Å². The number of nitrogen functional groups attached to an aromatic ring is 1. The van der Waals surface area contributed by atoms with Gasteiger partial charge in [0.1, 0.15) is 17.8 Å². The first-order valence-electron chi connectivity index (χ1n) is 9.94.